The van der Waals surface area contributed by atoms with Gasteiger partial charge in [-0.05, 0) is 49.7 Å². The highest BCUT2D eigenvalue weighted by Crippen LogP contribution is 2.29. The lowest BCUT2D eigenvalue weighted by Gasteiger charge is -2.09. The first-order valence-corrected chi connectivity index (χ1v) is 9.46. The number of rotatable bonds is 4. The quantitative estimate of drug-likeness (QED) is 0.668. The van der Waals surface area contributed by atoms with Gasteiger partial charge in [0, 0.05) is 28.9 Å². The molecule has 0 atom stereocenters. The lowest BCUT2D eigenvalue weighted by atomic mass is 10.1. The van der Waals surface area contributed by atoms with Crippen molar-refractivity contribution >= 4 is 40.4 Å². The number of halogens is 1. The largest absolute Gasteiger partial charge is 0.355 e. The van der Waals surface area contributed by atoms with E-state index in [9.17, 15) is 9.59 Å². The Hall–Kier alpha value is -2.70. The first kappa shape index (κ1) is 19.1. The molecule has 0 aliphatic rings. The molecule has 2 N–H and O–H groups in total. The third-order valence-corrected chi connectivity index (χ3v) is 5.52. The SMILES string of the molecule is CNC(=O)c1ccc(NC(=O)c2sc(-c3ccc(Cl)cc3)nc2C)c(C)c1. The summed E-state index contributed by atoms with van der Waals surface area (Å²) in [6, 6.07) is 12.5. The normalized spacial score (nSPS) is 10.5. The summed E-state index contributed by atoms with van der Waals surface area (Å²) < 4.78 is 0. The Morgan fingerprint density at radius 3 is 2.37 bits per heavy atom. The van der Waals surface area contributed by atoms with E-state index in [1.54, 1.807) is 37.4 Å². The number of nitrogens with one attached hydrogen (secondary N) is 2. The molecule has 3 rings (SSSR count). The summed E-state index contributed by atoms with van der Waals surface area (Å²) in [4.78, 5) is 29.5. The van der Waals surface area contributed by atoms with Crippen LogP contribution < -0.4 is 10.6 Å². The molecule has 0 fully saturated rings. The molecule has 27 heavy (non-hydrogen) atoms. The topological polar surface area (TPSA) is 71.1 Å². The number of amides is 2. The first-order valence-electron chi connectivity index (χ1n) is 8.26. The fourth-order valence-electron chi connectivity index (χ4n) is 2.59. The maximum Gasteiger partial charge on any atom is 0.267 e. The Kier molecular flexibility index (Phi) is 5.58. The molecule has 0 radical (unpaired) electrons. The maximum absolute atomic E-state index is 12.7. The number of aromatic nitrogens is 1. The number of aryl methyl sites for hydroxylation is 2. The van der Waals surface area contributed by atoms with Crippen LogP contribution in [0.5, 0.6) is 0 Å². The monoisotopic (exact) mass is 399 g/mol. The molecule has 3 aromatic rings. The van der Waals surface area contributed by atoms with Crippen LogP contribution in [0.25, 0.3) is 10.6 Å². The van der Waals surface area contributed by atoms with Crippen molar-refractivity contribution in [3.8, 4) is 10.6 Å². The van der Waals surface area contributed by atoms with Crippen molar-refractivity contribution in [2.75, 3.05) is 12.4 Å². The Morgan fingerprint density at radius 1 is 1.04 bits per heavy atom. The van der Waals surface area contributed by atoms with Crippen molar-refractivity contribution in [3.05, 3.63) is 69.2 Å². The summed E-state index contributed by atoms with van der Waals surface area (Å²) in [7, 11) is 1.58. The van der Waals surface area contributed by atoms with E-state index in [0.717, 1.165) is 16.1 Å². The van der Waals surface area contributed by atoms with Gasteiger partial charge in [-0.1, -0.05) is 23.7 Å². The number of hydrogen-bond donors (Lipinski definition) is 2. The lowest BCUT2D eigenvalue weighted by Crippen LogP contribution is -2.18. The molecule has 0 saturated heterocycles. The molecule has 0 aliphatic heterocycles. The molecule has 1 aromatic heterocycles. The van der Waals surface area contributed by atoms with Crippen LogP contribution in [0.1, 0.15) is 31.3 Å². The van der Waals surface area contributed by atoms with Crippen LogP contribution in [-0.2, 0) is 0 Å². The fourth-order valence-corrected chi connectivity index (χ4v) is 3.68. The molecule has 1 heterocycles. The van der Waals surface area contributed by atoms with Gasteiger partial charge in [0.05, 0.1) is 5.69 Å². The summed E-state index contributed by atoms with van der Waals surface area (Å²) in [5, 5.41) is 6.90. The molecule has 2 aromatic carbocycles. The molecular formula is C20H18ClN3O2S. The Morgan fingerprint density at radius 2 is 1.74 bits per heavy atom. The van der Waals surface area contributed by atoms with E-state index in [1.807, 2.05) is 26.0 Å². The lowest BCUT2D eigenvalue weighted by molar-refractivity contribution is 0.0962. The van der Waals surface area contributed by atoms with E-state index in [2.05, 4.69) is 15.6 Å². The van der Waals surface area contributed by atoms with E-state index >= 15 is 0 Å². The van der Waals surface area contributed by atoms with E-state index in [0.29, 0.717) is 26.8 Å². The standard InChI is InChI=1S/C20H18ClN3O2S/c1-11-10-14(18(25)22-3)6-9-16(11)24-19(26)17-12(2)23-20(27-17)13-4-7-15(21)8-5-13/h4-10H,1-3H3,(H,22,25)(H,24,26). The van der Waals surface area contributed by atoms with Gasteiger partial charge in [-0.15, -0.1) is 11.3 Å². The van der Waals surface area contributed by atoms with E-state index in [4.69, 9.17) is 11.6 Å². The molecule has 7 heteroatoms. The Balaban J connectivity index is 1.82. The highest BCUT2D eigenvalue weighted by atomic mass is 35.5. The minimum atomic E-state index is -0.221. The van der Waals surface area contributed by atoms with Crippen LogP contribution in [0.2, 0.25) is 5.02 Å². The highest BCUT2D eigenvalue weighted by Gasteiger charge is 2.17. The second-order valence-corrected chi connectivity index (χ2v) is 7.44. The zero-order chi connectivity index (χ0) is 19.6. The second kappa shape index (κ2) is 7.90. The van der Waals surface area contributed by atoms with Gasteiger partial charge in [0.25, 0.3) is 11.8 Å². The predicted molar refractivity (Wildman–Crippen MR) is 110 cm³/mol. The Labute approximate surface area is 166 Å². The van der Waals surface area contributed by atoms with Crippen molar-refractivity contribution in [1.82, 2.24) is 10.3 Å². The van der Waals surface area contributed by atoms with Gasteiger partial charge in [-0.25, -0.2) is 4.98 Å². The van der Waals surface area contributed by atoms with Gasteiger partial charge < -0.3 is 10.6 Å². The van der Waals surface area contributed by atoms with Crippen LogP contribution >= 0.6 is 22.9 Å². The second-order valence-electron chi connectivity index (χ2n) is 6.00. The zero-order valence-electron chi connectivity index (χ0n) is 15.1. The maximum atomic E-state index is 12.7. The van der Waals surface area contributed by atoms with Gasteiger partial charge in [0.15, 0.2) is 0 Å². The van der Waals surface area contributed by atoms with Gasteiger partial charge in [-0.2, -0.15) is 0 Å². The van der Waals surface area contributed by atoms with E-state index < -0.39 is 0 Å². The highest BCUT2D eigenvalue weighted by molar-refractivity contribution is 7.17. The summed E-state index contributed by atoms with van der Waals surface area (Å²) in [6.07, 6.45) is 0. The molecule has 5 nitrogen and oxygen atoms in total. The van der Waals surface area contributed by atoms with E-state index in [1.165, 1.54) is 11.3 Å². The van der Waals surface area contributed by atoms with E-state index in [-0.39, 0.29) is 11.8 Å². The summed E-state index contributed by atoms with van der Waals surface area (Å²) in [5.41, 5.74) is 3.60. The fraction of sp³-hybridized carbons (Fsp3) is 0.150. The molecule has 0 bridgehead atoms. The smallest absolute Gasteiger partial charge is 0.267 e. The summed E-state index contributed by atoms with van der Waals surface area (Å²) >= 11 is 7.26. The van der Waals surface area contributed by atoms with Gasteiger partial charge >= 0.3 is 0 Å². The van der Waals surface area contributed by atoms with Gasteiger partial charge in [0.2, 0.25) is 0 Å². The molecule has 0 saturated carbocycles. The van der Waals surface area contributed by atoms with Gasteiger partial charge in [0.1, 0.15) is 9.88 Å². The molecule has 0 unspecified atom stereocenters. The average molecular weight is 400 g/mol. The first-order chi connectivity index (χ1) is 12.9. The molecule has 138 valence electrons. The minimum Gasteiger partial charge on any atom is -0.355 e. The molecule has 2 amide bonds. The number of carbonyl (C=O) groups is 2. The minimum absolute atomic E-state index is 0.165. The number of anilines is 1. The number of nitrogens with zero attached hydrogens (tertiary/aromatic N) is 1. The average Bonchev–Trinajstić information content (AvgIpc) is 3.05. The van der Waals surface area contributed by atoms with Crippen LogP contribution in [0.15, 0.2) is 42.5 Å². The van der Waals surface area contributed by atoms with Crippen LogP contribution in [0.4, 0.5) is 5.69 Å². The molecule has 0 aliphatic carbocycles. The number of thiazole rings is 1. The summed E-state index contributed by atoms with van der Waals surface area (Å²) in [6.45, 7) is 3.66. The van der Waals surface area contributed by atoms with Crippen LogP contribution in [-0.4, -0.2) is 23.8 Å². The van der Waals surface area contributed by atoms with Crippen LogP contribution in [0.3, 0.4) is 0 Å². The Bertz CT molecular complexity index is 1010. The van der Waals surface area contributed by atoms with Crippen LogP contribution in [0, 0.1) is 13.8 Å². The van der Waals surface area contributed by atoms with Crippen molar-refractivity contribution in [1.29, 1.82) is 0 Å². The summed E-state index contributed by atoms with van der Waals surface area (Å²) in [5.74, 6) is -0.386. The number of benzene rings is 2. The van der Waals surface area contributed by atoms with Crippen molar-refractivity contribution in [2.24, 2.45) is 0 Å². The van der Waals surface area contributed by atoms with Gasteiger partial charge in [-0.3, -0.25) is 9.59 Å². The molecular weight excluding hydrogens is 382 g/mol. The predicted octanol–water partition coefficient (Wildman–Crippen LogP) is 4.69. The zero-order valence-corrected chi connectivity index (χ0v) is 16.7. The third kappa shape index (κ3) is 4.18. The third-order valence-electron chi connectivity index (χ3n) is 4.06. The number of carbonyl (C=O) groups excluding carboxylic acids is 2. The van der Waals surface area contributed by atoms with Crippen molar-refractivity contribution < 1.29 is 9.59 Å². The van der Waals surface area contributed by atoms with Crippen molar-refractivity contribution in [2.45, 2.75) is 13.8 Å². The number of hydrogen-bond acceptors (Lipinski definition) is 4. The molecule has 0 spiro atoms. The van der Waals surface area contributed by atoms with Crippen molar-refractivity contribution in [3.63, 3.8) is 0 Å².